The molecule has 2 aliphatic heterocycles. The van der Waals surface area contributed by atoms with Crippen molar-refractivity contribution >= 4 is 22.4 Å². The van der Waals surface area contributed by atoms with Gasteiger partial charge in [-0.15, -0.1) is 0 Å². The first kappa shape index (κ1) is 30.9. The van der Waals surface area contributed by atoms with Crippen LogP contribution in [-0.4, -0.2) is 88.2 Å². The lowest BCUT2D eigenvalue weighted by Gasteiger charge is -2.31. The van der Waals surface area contributed by atoms with E-state index in [1.165, 1.54) is 23.5 Å². The fraction of sp³-hybridized carbons (Fsp3) is 0.517. The Kier molecular flexibility index (Phi) is 10.4. The summed E-state index contributed by atoms with van der Waals surface area (Å²) < 4.78 is 50.3. The lowest BCUT2D eigenvalue weighted by atomic mass is 10.00. The smallest absolute Gasteiger partial charge is 0.407 e. The predicted octanol–water partition coefficient (Wildman–Crippen LogP) is 2.61. The highest BCUT2D eigenvalue weighted by molar-refractivity contribution is 7.89. The van der Waals surface area contributed by atoms with Crippen LogP contribution < -0.4 is 10.1 Å². The number of hydrogen-bond acceptors (Lipinski definition) is 9. The number of sulfonamides is 1. The number of nitrogens with one attached hydrogen (secondary N) is 1. The van der Waals surface area contributed by atoms with E-state index < -0.39 is 40.7 Å². The molecule has 2 aromatic carbocycles. The molecule has 0 saturated carbocycles. The lowest BCUT2D eigenvalue weighted by molar-refractivity contribution is -0.0907. The van der Waals surface area contributed by atoms with Crippen LogP contribution in [0.1, 0.15) is 36.2 Å². The number of alkyl carbamates (subject to hydrolysis) is 1. The number of carbonyl (C=O) groups excluding carboxylic acids is 2. The van der Waals surface area contributed by atoms with Gasteiger partial charge in [0.25, 0.3) is 0 Å². The number of ether oxygens (including phenoxy) is 4. The molecule has 41 heavy (non-hydrogen) atoms. The molecule has 224 valence electrons. The van der Waals surface area contributed by atoms with Gasteiger partial charge in [-0.2, -0.15) is 4.31 Å². The molecule has 0 bridgehead atoms. The van der Waals surface area contributed by atoms with Crippen LogP contribution in [0.4, 0.5) is 4.79 Å². The summed E-state index contributed by atoms with van der Waals surface area (Å²) in [7, 11) is -2.49. The number of fused-ring (bicyclic) bond motifs is 1. The first-order valence-corrected chi connectivity index (χ1v) is 15.1. The zero-order valence-electron chi connectivity index (χ0n) is 23.5. The molecule has 0 aromatic heterocycles. The average Bonchev–Trinajstić information content (AvgIpc) is 3.57. The van der Waals surface area contributed by atoms with E-state index in [4.69, 9.17) is 18.9 Å². The quantitative estimate of drug-likeness (QED) is 0.337. The van der Waals surface area contributed by atoms with E-state index in [1.54, 1.807) is 36.4 Å². The topological polar surface area (TPSA) is 141 Å². The van der Waals surface area contributed by atoms with E-state index in [0.717, 1.165) is 11.8 Å². The van der Waals surface area contributed by atoms with Crippen LogP contribution >= 0.6 is 0 Å². The van der Waals surface area contributed by atoms with Crippen molar-refractivity contribution < 1.29 is 42.1 Å². The summed E-state index contributed by atoms with van der Waals surface area (Å²) in [5.74, 6) is 0.425. The molecule has 5 atom stereocenters. The van der Waals surface area contributed by atoms with E-state index in [9.17, 15) is 23.1 Å². The van der Waals surface area contributed by atoms with Gasteiger partial charge >= 0.3 is 6.09 Å². The number of carbonyl (C=O) groups is 2. The average molecular weight is 591 g/mol. The Balaban J connectivity index is 1.53. The Morgan fingerprint density at radius 1 is 1.12 bits per heavy atom. The van der Waals surface area contributed by atoms with Crippen molar-refractivity contribution in [1.82, 2.24) is 9.62 Å². The number of aldehydes is 1. The number of rotatable bonds is 13. The number of amides is 1. The Morgan fingerprint density at radius 3 is 2.46 bits per heavy atom. The molecule has 2 aromatic rings. The van der Waals surface area contributed by atoms with Crippen LogP contribution in [0.15, 0.2) is 53.4 Å². The number of nitrogens with zero attached hydrogens (tertiary/aromatic N) is 1. The minimum Gasteiger partial charge on any atom is -0.497 e. The van der Waals surface area contributed by atoms with Gasteiger partial charge in [0.1, 0.15) is 18.1 Å². The zero-order valence-corrected chi connectivity index (χ0v) is 24.3. The molecule has 1 amide bonds. The maximum Gasteiger partial charge on any atom is 0.407 e. The largest absolute Gasteiger partial charge is 0.497 e. The van der Waals surface area contributed by atoms with E-state index >= 15 is 0 Å². The van der Waals surface area contributed by atoms with Crippen LogP contribution in [-0.2, 0) is 30.7 Å². The van der Waals surface area contributed by atoms with Gasteiger partial charge in [-0.05, 0) is 48.6 Å². The first-order valence-electron chi connectivity index (χ1n) is 13.7. The molecule has 2 aliphatic rings. The monoisotopic (exact) mass is 590 g/mol. The summed E-state index contributed by atoms with van der Waals surface area (Å²) in [5.41, 5.74) is 1.23. The van der Waals surface area contributed by atoms with Gasteiger partial charge in [0, 0.05) is 18.7 Å². The highest BCUT2D eigenvalue weighted by Gasteiger charge is 2.44. The van der Waals surface area contributed by atoms with Gasteiger partial charge in [0.15, 0.2) is 6.29 Å². The summed E-state index contributed by atoms with van der Waals surface area (Å²) in [6.07, 6.45) is -1.30. The Morgan fingerprint density at radius 2 is 1.83 bits per heavy atom. The maximum absolute atomic E-state index is 13.6. The third kappa shape index (κ3) is 7.83. The molecule has 0 spiro atoms. The van der Waals surface area contributed by atoms with Crippen molar-refractivity contribution in [2.75, 3.05) is 33.4 Å². The molecular weight excluding hydrogens is 552 g/mol. The van der Waals surface area contributed by atoms with Crippen molar-refractivity contribution in [3.05, 3.63) is 59.7 Å². The summed E-state index contributed by atoms with van der Waals surface area (Å²) in [6.45, 7) is 4.39. The number of aliphatic hydroxyl groups excluding tert-OH is 1. The summed E-state index contributed by atoms with van der Waals surface area (Å²) in [5, 5.41) is 14.2. The summed E-state index contributed by atoms with van der Waals surface area (Å²) >= 11 is 0. The molecule has 2 fully saturated rings. The second-order valence-electron chi connectivity index (χ2n) is 10.7. The van der Waals surface area contributed by atoms with Gasteiger partial charge in [0.05, 0.1) is 43.3 Å². The van der Waals surface area contributed by atoms with E-state index in [-0.39, 0.29) is 42.8 Å². The van der Waals surface area contributed by atoms with E-state index in [2.05, 4.69) is 5.32 Å². The van der Waals surface area contributed by atoms with Crippen molar-refractivity contribution in [2.45, 2.75) is 56.1 Å². The van der Waals surface area contributed by atoms with E-state index in [1.807, 2.05) is 13.8 Å². The third-order valence-electron chi connectivity index (χ3n) is 7.24. The molecular formula is C29H38N2O9S. The van der Waals surface area contributed by atoms with Crippen molar-refractivity contribution in [3.8, 4) is 5.75 Å². The third-order valence-corrected chi connectivity index (χ3v) is 9.09. The lowest BCUT2D eigenvalue weighted by Crippen LogP contribution is -2.51. The van der Waals surface area contributed by atoms with Crippen molar-refractivity contribution in [3.63, 3.8) is 0 Å². The molecule has 0 aliphatic carbocycles. The van der Waals surface area contributed by atoms with Gasteiger partial charge in [0.2, 0.25) is 10.0 Å². The molecule has 2 heterocycles. The molecule has 11 nitrogen and oxygen atoms in total. The summed E-state index contributed by atoms with van der Waals surface area (Å²) in [4.78, 5) is 24.2. The van der Waals surface area contributed by atoms with Crippen LogP contribution in [0, 0.1) is 11.8 Å². The molecule has 12 heteroatoms. The molecule has 0 radical (unpaired) electrons. The van der Waals surface area contributed by atoms with E-state index in [0.29, 0.717) is 24.3 Å². The highest BCUT2D eigenvalue weighted by atomic mass is 32.2. The second kappa shape index (κ2) is 13.8. The van der Waals surface area contributed by atoms with Crippen LogP contribution in [0.25, 0.3) is 0 Å². The minimum atomic E-state index is -3.98. The fourth-order valence-electron chi connectivity index (χ4n) is 5.05. The number of methoxy groups -OCH3 is 1. The van der Waals surface area contributed by atoms with Gasteiger partial charge in [-0.3, -0.25) is 4.79 Å². The van der Waals surface area contributed by atoms with Crippen LogP contribution in [0.3, 0.4) is 0 Å². The van der Waals surface area contributed by atoms with Gasteiger partial charge in [-0.1, -0.05) is 38.1 Å². The van der Waals surface area contributed by atoms with Crippen molar-refractivity contribution in [1.29, 1.82) is 0 Å². The number of hydrogen-bond donors (Lipinski definition) is 2. The second-order valence-corrected chi connectivity index (χ2v) is 12.7. The Bertz CT molecular complexity index is 1270. The van der Waals surface area contributed by atoms with Crippen LogP contribution in [0.5, 0.6) is 5.75 Å². The highest BCUT2D eigenvalue weighted by Crippen LogP contribution is 2.33. The normalized spacial score (nSPS) is 21.9. The SMILES string of the molecule is COc1ccc(S(=O)(=O)N(CC(C)C)C[C@@H](O)[C@H](Cc2ccc(C=O)cc2)NC(=O)O[C@H]2CO[C@H]3OCCC32)cc1. The first-order chi connectivity index (χ1) is 19.6. The standard InChI is InChI=1S/C29H38N2O9S/c1-19(2)15-31(41(35,36)23-10-8-22(37-3)9-11-23)16-26(33)25(14-20-4-6-21(17-32)7-5-20)30-29(34)40-27-18-39-28-24(27)12-13-38-28/h4-11,17,19,24-28,33H,12-16,18H2,1-3H3,(H,30,34)/t24?,25-,26+,27-,28+/m0/s1. The fourth-order valence-corrected chi connectivity index (χ4v) is 6.67. The number of aliphatic hydroxyl groups is 1. The Labute approximate surface area is 240 Å². The van der Waals surface area contributed by atoms with Gasteiger partial charge < -0.3 is 29.4 Å². The Hall–Kier alpha value is -3.03. The zero-order chi connectivity index (χ0) is 29.6. The predicted molar refractivity (Wildman–Crippen MR) is 149 cm³/mol. The molecule has 2 saturated heterocycles. The van der Waals surface area contributed by atoms with Gasteiger partial charge in [-0.25, -0.2) is 13.2 Å². The minimum absolute atomic E-state index is 0.0357. The molecule has 4 rings (SSSR count). The molecule has 2 N–H and O–H groups in total. The maximum atomic E-state index is 13.6. The summed E-state index contributed by atoms with van der Waals surface area (Å²) in [6, 6.07) is 11.9. The van der Waals surface area contributed by atoms with Crippen molar-refractivity contribution in [2.24, 2.45) is 11.8 Å². The molecule has 1 unspecified atom stereocenters. The number of benzene rings is 2. The van der Waals surface area contributed by atoms with Crippen LogP contribution in [0.2, 0.25) is 0 Å².